The molecule has 2 aromatic rings. The molecule has 1 aromatic carbocycles. The largest absolute Gasteiger partial charge is 0.492 e. The van der Waals surface area contributed by atoms with E-state index < -0.39 is 0 Å². The molecule has 19 heavy (non-hydrogen) atoms. The zero-order valence-corrected chi connectivity index (χ0v) is 11.4. The van der Waals surface area contributed by atoms with Crippen molar-refractivity contribution in [1.82, 2.24) is 9.55 Å². The summed E-state index contributed by atoms with van der Waals surface area (Å²) in [6.45, 7) is 4.20. The summed E-state index contributed by atoms with van der Waals surface area (Å²) in [6, 6.07) is 7.91. The van der Waals surface area contributed by atoms with Crippen molar-refractivity contribution in [3.05, 3.63) is 48.0 Å². The maximum atomic E-state index is 5.72. The summed E-state index contributed by atoms with van der Waals surface area (Å²) in [5.41, 5.74) is 6.68. The molecule has 0 fully saturated rings. The first-order chi connectivity index (χ1) is 9.33. The van der Waals surface area contributed by atoms with Gasteiger partial charge in [-0.2, -0.15) is 0 Å². The smallest absolute Gasteiger partial charge is 0.119 e. The number of imidazole rings is 1. The van der Waals surface area contributed by atoms with E-state index in [0.29, 0.717) is 13.2 Å². The van der Waals surface area contributed by atoms with Crippen LogP contribution in [0.15, 0.2) is 36.7 Å². The van der Waals surface area contributed by atoms with Gasteiger partial charge < -0.3 is 15.0 Å². The van der Waals surface area contributed by atoms with Crippen molar-refractivity contribution in [3.8, 4) is 5.75 Å². The Bertz CT molecular complexity index is 490. The van der Waals surface area contributed by atoms with Crippen molar-refractivity contribution in [2.75, 3.05) is 6.61 Å². The lowest BCUT2D eigenvalue weighted by molar-refractivity contribution is 0.296. The second kappa shape index (κ2) is 6.95. The fourth-order valence-corrected chi connectivity index (χ4v) is 1.98. The number of hydrogen-bond acceptors (Lipinski definition) is 3. The molecule has 4 nitrogen and oxygen atoms in total. The van der Waals surface area contributed by atoms with E-state index in [9.17, 15) is 0 Å². The molecule has 0 bridgehead atoms. The van der Waals surface area contributed by atoms with Crippen LogP contribution in [0.5, 0.6) is 5.75 Å². The zero-order chi connectivity index (χ0) is 13.5. The van der Waals surface area contributed by atoms with Crippen LogP contribution in [-0.2, 0) is 19.5 Å². The predicted molar refractivity (Wildman–Crippen MR) is 76.1 cm³/mol. The van der Waals surface area contributed by atoms with Gasteiger partial charge in [-0.3, -0.25) is 0 Å². The molecule has 0 unspecified atom stereocenters. The van der Waals surface area contributed by atoms with Crippen LogP contribution >= 0.6 is 0 Å². The Morgan fingerprint density at radius 2 is 2.05 bits per heavy atom. The maximum absolute atomic E-state index is 5.72. The second-order valence-corrected chi connectivity index (χ2v) is 4.48. The van der Waals surface area contributed by atoms with Crippen LogP contribution in [0.4, 0.5) is 0 Å². The number of hydrogen-bond donors (Lipinski definition) is 1. The first-order valence-electron chi connectivity index (χ1n) is 6.75. The van der Waals surface area contributed by atoms with Gasteiger partial charge in [0.1, 0.15) is 18.2 Å². The van der Waals surface area contributed by atoms with Gasteiger partial charge >= 0.3 is 0 Å². The van der Waals surface area contributed by atoms with Crippen molar-refractivity contribution in [1.29, 1.82) is 0 Å². The lowest BCUT2D eigenvalue weighted by Crippen LogP contribution is -2.10. The van der Waals surface area contributed by atoms with Crippen molar-refractivity contribution in [2.45, 2.75) is 32.9 Å². The van der Waals surface area contributed by atoms with Gasteiger partial charge in [0, 0.05) is 25.4 Å². The highest BCUT2D eigenvalue weighted by atomic mass is 16.5. The van der Waals surface area contributed by atoms with Gasteiger partial charge in [0.25, 0.3) is 0 Å². The highest BCUT2D eigenvalue weighted by molar-refractivity contribution is 5.27. The molecule has 0 spiro atoms. The summed E-state index contributed by atoms with van der Waals surface area (Å²) in [6.07, 6.45) is 5.98. The van der Waals surface area contributed by atoms with E-state index in [4.69, 9.17) is 10.5 Å². The SMILES string of the molecule is CCCc1nccn1CCOc1ccc(CN)cc1. The number of rotatable bonds is 7. The number of aromatic nitrogens is 2. The number of benzene rings is 1. The van der Waals surface area contributed by atoms with Crippen LogP contribution in [0.2, 0.25) is 0 Å². The van der Waals surface area contributed by atoms with Gasteiger partial charge in [0.15, 0.2) is 0 Å². The third kappa shape index (κ3) is 3.83. The Morgan fingerprint density at radius 3 is 2.74 bits per heavy atom. The van der Waals surface area contributed by atoms with Crippen LogP contribution in [0.1, 0.15) is 24.7 Å². The Hall–Kier alpha value is -1.81. The molecule has 0 aliphatic carbocycles. The summed E-state index contributed by atoms with van der Waals surface area (Å²) in [5.74, 6) is 2.01. The Labute approximate surface area is 114 Å². The molecule has 0 amide bonds. The lowest BCUT2D eigenvalue weighted by Gasteiger charge is -2.09. The molecular weight excluding hydrogens is 238 g/mol. The number of nitrogens with zero attached hydrogens (tertiary/aromatic N) is 2. The molecule has 4 heteroatoms. The average Bonchev–Trinajstić information content (AvgIpc) is 2.88. The number of ether oxygens (including phenoxy) is 1. The van der Waals surface area contributed by atoms with E-state index in [1.165, 1.54) is 0 Å². The van der Waals surface area contributed by atoms with Gasteiger partial charge in [-0.1, -0.05) is 19.1 Å². The van der Waals surface area contributed by atoms with E-state index in [1.54, 1.807) is 0 Å². The van der Waals surface area contributed by atoms with Crippen molar-refractivity contribution in [2.24, 2.45) is 5.73 Å². The quantitative estimate of drug-likeness (QED) is 0.830. The molecule has 0 aliphatic heterocycles. The molecule has 2 N–H and O–H groups in total. The molecule has 0 atom stereocenters. The first-order valence-corrected chi connectivity index (χ1v) is 6.75. The van der Waals surface area contributed by atoms with E-state index >= 15 is 0 Å². The van der Waals surface area contributed by atoms with Gasteiger partial charge in [0.2, 0.25) is 0 Å². The van der Waals surface area contributed by atoms with Gasteiger partial charge in [-0.05, 0) is 24.1 Å². The van der Waals surface area contributed by atoms with Crippen molar-refractivity contribution < 1.29 is 4.74 Å². The first kappa shape index (κ1) is 13.6. The van der Waals surface area contributed by atoms with E-state index in [1.807, 2.05) is 36.7 Å². The minimum atomic E-state index is 0.565. The molecule has 0 aliphatic rings. The monoisotopic (exact) mass is 259 g/mol. The van der Waals surface area contributed by atoms with Gasteiger partial charge in [-0.15, -0.1) is 0 Å². The summed E-state index contributed by atoms with van der Waals surface area (Å²) < 4.78 is 7.87. The highest BCUT2D eigenvalue weighted by Crippen LogP contribution is 2.12. The summed E-state index contributed by atoms with van der Waals surface area (Å²) in [7, 11) is 0. The average molecular weight is 259 g/mol. The fourth-order valence-electron chi connectivity index (χ4n) is 1.98. The van der Waals surface area contributed by atoms with E-state index in [0.717, 1.165) is 36.5 Å². The Kier molecular flexibility index (Phi) is 4.98. The van der Waals surface area contributed by atoms with Crippen molar-refractivity contribution in [3.63, 3.8) is 0 Å². The third-order valence-corrected chi connectivity index (χ3v) is 3.04. The molecule has 0 saturated heterocycles. The Balaban J connectivity index is 1.83. The summed E-state index contributed by atoms with van der Waals surface area (Å²) in [4.78, 5) is 4.35. The summed E-state index contributed by atoms with van der Waals surface area (Å²) >= 11 is 0. The van der Waals surface area contributed by atoms with E-state index in [2.05, 4.69) is 16.5 Å². The standard InChI is InChI=1S/C15H21N3O/c1-2-3-15-17-8-9-18(15)10-11-19-14-6-4-13(12-16)5-7-14/h4-9H,2-3,10-12,16H2,1H3. The van der Waals surface area contributed by atoms with Gasteiger partial charge in [-0.25, -0.2) is 4.98 Å². The molecule has 0 saturated carbocycles. The highest BCUT2D eigenvalue weighted by Gasteiger charge is 2.01. The summed E-state index contributed by atoms with van der Waals surface area (Å²) in [5, 5.41) is 0. The molecule has 102 valence electrons. The topological polar surface area (TPSA) is 53.1 Å². The molecule has 0 radical (unpaired) electrons. The normalized spacial score (nSPS) is 10.6. The lowest BCUT2D eigenvalue weighted by atomic mass is 10.2. The van der Waals surface area contributed by atoms with Crippen LogP contribution in [-0.4, -0.2) is 16.2 Å². The predicted octanol–water partition coefficient (Wildman–Crippen LogP) is 2.37. The molecule has 2 rings (SSSR count). The van der Waals surface area contributed by atoms with E-state index in [-0.39, 0.29) is 0 Å². The minimum Gasteiger partial charge on any atom is -0.492 e. The third-order valence-electron chi connectivity index (χ3n) is 3.04. The van der Waals surface area contributed by atoms with Gasteiger partial charge in [0.05, 0.1) is 6.54 Å². The molecule has 1 aromatic heterocycles. The van der Waals surface area contributed by atoms with Crippen molar-refractivity contribution >= 4 is 0 Å². The maximum Gasteiger partial charge on any atom is 0.119 e. The van der Waals surface area contributed by atoms with Crippen LogP contribution in [0.25, 0.3) is 0 Å². The minimum absolute atomic E-state index is 0.565. The zero-order valence-electron chi connectivity index (χ0n) is 11.4. The van der Waals surface area contributed by atoms with Crippen LogP contribution in [0, 0.1) is 0 Å². The number of nitrogens with two attached hydrogens (primary N) is 1. The van der Waals surface area contributed by atoms with Crippen LogP contribution < -0.4 is 10.5 Å². The molecule has 1 heterocycles. The van der Waals surface area contributed by atoms with Crippen LogP contribution in [0.3, 0.4) is 0 Å². The number of aryl methyl sites for hydroxylation is 1. The Morgan fingerprint density at radius 1 is 1.26 bits per heavy atom. The molecular formula is C15H21N3O. The fraction of sp³-hybridized carbons (Fsp3) is 0.400. The second-order valence-electron chi connectivity index (χ2n) is 4.48.